The first-order chi connectivity index (χ1) is 10.2. The molecule has 0 bridgehead atoms. The molecule has 0 spiro atoms. The van der Waals surface area contributed by atoms with Gasteiger partial charge in [0.2, 0.25) is 0 Å². The predicted octanol–water partition coefficient (Wildman–Crippen LogP) is 4.13. The van der Waals surface area contributed by atoms with Gasteiger partial charge in [-0.2, -0.15) is 0 Å². The molecule has 0 aliphatic carbocycles. The molecule has 2 nitrogen and oxygen atoms in total. The number of likely N-dealkylation sites (N-methyl/N-ethyl adjacent to an activating group) is 1. The summed E-state index contributed by atoms with van der Waals surface area (Å²) >= 11 is 0. The summed E-state index contributed by atoms with van der Waals surface area (Å²) in [5.74, 6) is -0.0890. The molecule has 1 aliphatic rings. The Kier molecular flexibility index (Phi) is 5.77. The van der Waals surface area contributed by atoms with E-state index < -0.39 is 0 Å². The SMILES string of the molecule is CCNC(c1ccccc1F)C(CC)(CC)N1CCCC1. The normalized spacial score (nSPS) is 18.1. The Morgan fingerprint density at radius 1 is 1.14 bits per heavy atom. The number of hydrogen-bond acceptors (Lipinski definition) is 2. The average molecular weight is 292 g/mol. The van der Waals surface area contributed by atoms with Crippen LogP contribution < -0.4 is 5.32 Å². The van der Waals surface area contributed by atoms with Crippen LogP contribution in [0.25, 0.3) is 0 Å². The number of halogens is 1. The zero-order valence-electron chi connectivity index (χ0n) is 13.7. The third-order valence-corrected chi connectivity index (χ3v) is 5.12. The van der Waals surface area contributed by atoms with E-state index in [-0.39, 0.29) is 17.4 Å². The van der Waals surface area contributed by atoms with Crippen molar-refractivity contribution in [1.29, 1.82) is 0 Å². The van der Waals surface area contributed by atoms with Crippen LogP contribution in [0.2, 0.25) is 0 Å². The Hall–Kier alpha value is -0.930. The first kappa shape index (κ1) is 16.4. The van der Waals surface area contributed by atoms with Crippen LogP contribution >= 0.6 is 0 Å². The fourth-order valence-corrected chi connectivity index (χ4v) is 3.95. The summed E-state index contributed by atoms with van der Waals surface area (Å²) in [5.41, 5.74) is 0.823. The summed E-state index contributed by atoms with van der Waals surface area (Å²) in [4.78, 5) is 2.59. The van der Waals surface area contributed by atoms with Gasteiger partial charge in [-0.15, -0.1) is 0 Å². The van der Waals surface area contributed by atoms with Gasteiger partial charge < -0.3 is 5.32 Å². The van der Waals surface area contributed by atoms with E-state index in [0.717, 1.165) is 38.0 Å². The van der Waals surface area contributed by atoms with E-state index in [4.69, 9.17) is 0 Å². The smallest absolute Gasteiger partial charge is 0.128 e. The summed E-state index contributed by atoms with van der Waals surface area (Å²) in [7, 11) is 0. The lowest BCUT2D eigenvalue weighted by molar-refractivity contribution is 0.0609. The maximum absolute atomic E-state index is 14.4. The zero-order valence-corrected chi connectivity index (χ0v) is 13.7. The lowest BCUT2D eigenvalue weighted by atomic mass is 9.79. The Morgan fingerprint density at radius 2 is 1.76 bits per heavy atom. The van der Waals surface area contributed by atoms with Crippen LogP contribution in [0.3, 0.4) is 0 Å². The minimum absolute atomic E-state index is 0.00863. The summed E-state index contributed by atoms with van der Waals surface area (Å²) < 4.78 is 14.4. The standard InChI is InChI=1S/C18H29FN2/c1-4-18(5-2,21-13-9-10-14-21)17(20-6-3)15-11-7-8-12-16(15)19/h7-8,11-12,17,20H,4-6,9-10,13-14H2,1-3H3. The maximum atomic E-state index is 14.4. The van der Waals surface area contributed by atoms with Gasteiger partial charge in [-0.25, -0.2) is 4.39 Å². The van der Waals surface area contributed by atoms with Gasteiger partial charge >= 0.3 is 0 Å². The van der Waals surface area contributed by atoms with Crippen molar-refractivity contribution in [2.75, 3.05) is 19.6 Å². The van der Waals surface area contributed by atoms with Crippen molar-refractivity contribution in [3.63, 3.8) is 0 Å². The lowest BCUT2D eigenvalue weighted by Crippen LogP contribution is -2.55. The predicted molar refractivity (Wildman–Crippen MR) is 86.9 cm³/mol. The molecule has 0 saturated carbocycles. The number of nitrogens with zero attached hydrogens (tertiary/aromatic N) is 1. The largest absolute Gasteiger partial charge is 0.309 e. The molecule has 0 radical (unpaired) electrons. The minimum Gasteiger partial charge on any atom is -0.309 e. The van der Waals surface area contributed by atoms with Crippen LogP contribution in [0, 0.1) is 5.82 Å². The second kappa shape index (κ2) is 7.37. The number of nitrogens with one attached hydrogen (secondary N) is 1. The van der Waals surface area contributed by atoms with Crippen LogP contribution in [0.1, 0.15) is 58.1 Å². The monoisotopic (exact) mass is 292 g/mol. The van der Waals surface area contributed by atoms with Gasteiger partial charge in [0.25, 0.3) is 0 Å². The average Bonchev–Trinajstić information content (AvgIpc) is 3.04. The molecule has 118 valence electrons. The Labute approximate surface area is 128 Å². The van der Waals surface area contributed by atoms with Crippen molar-refractivity contribution in [2.24, 2.45) is 0 Å². The van der Waals surface area contributed by atoms with Crippen molar-refractivity contribution in [3.8, 4) is 0 Å². The quantitative estimate of drug-likeness (QED) is 0.813. The van der Waals surface area contributed by atoms with Gasteiger partial charge in [-0.1, -0.05) is 39.0 Å². The van der Waals surface area contributed by atoms with E-state index >= 15 is 0 Å². The van der Waals surface area contributed by atoms with E-state index in [0.29, 0.717) is 0 Å². The molecule has 21 heavy (non-hydrogen) atoms. The molecule has 1 aromatic rings. The van der Waals surface area contributed by atoms with Crippen molar-refractivity contribution >= 4 is 0 Å². The first-order valence-corrected chi connectivity index (χ1v) is 8.42. The topological polar surface area (TPSA) is 15.3 Å². The number of rotatable bonds is 7. The van der Waals surface area contributed by atoms with Gasteiger partial charge in [0, 0.05) is 11.1 Å². The van der Waals surface area contributed by atoms with Gasteiger partial charge in [-0.05, 0) is 51.4 Å². The molecule has 1 unspecified atom stereocenters. The molecule has 1 heterocycles. The lowest BCUT2D eigenvalue weighted by Gasteiger charge is -2.47. The third-order valence-electron chi connectivity index (χ3n) is 5.12. The van der Waals surface area contributed by atoms with Crippen LogP contribution in [0.4, 0.5) is 4.39 Å². The molecule has 1 fully saturated rings. The molecule has 2 rings (SSSR count). The van der Waals surface area contributed by atoms with E-state index in [9.17, 15) is 4.39 Å². The molecule has 0 amide bonds. The Morgan fingerprint density at radius 3 is 2.29 bits per heavy atom. The Balaban J connectivity index is 2.43. The van der Waals surface area contributed by atoms with E-state index in [1.54, 1.807) is 12.1 Å². The molecular formula is C18H29FN2. The van der Waals surface area contributed by atoms with E-state index in [1.807, 2.05) is 12.1 Å². The summed E-state index contributed by atoms with van der Waals surface area (Å²) in [6.07, 6.45) is 4.60. The highest BCUT2D eigenvalue weighted by atomic mass is 19.1. The fraction of sp³-hybridized carbons (Fsp3) is 0.667. The molecule has 1 aliphatic heterocycles. The van der Waals surface area contributed by atoms with E-state index in [1.165, 1.54) is 12.8 Å². The van der Waals surface area contributed by atoms with Crippen LogP contribution in [0.5, 0.6) is 0 Å². The van der Waals surface area contributed by atoms with Gasteiger partial charge in [0.1, 0.15) is 5.82 Å². The van der Waals surface area contributed by atoms with Crippen molar-refractivity contribution < 1.29 is 4.39 Å². The molecule has 1 atom stereocenters. The van der Waals surface area contributed by atoms with Gasteiger partial charge in [0.15, 0.2) is 0 Å². The Bertz CT molecular complexity index is 437. The van der Waals surface area contributed by atoms with Gasteiger partial charge in [-0.3, -0.25) is 4.90 Å². The van der Waals surface area contributed by atoms with Crippen LogP contribution in [-0.4, -0.2) is 30.1 Å². The summed E-state index contributed by atoms with van der Waals surface area (Å²) in [5, 5.41) is 3.58. The molecule has 1 aromatic carbocycles. The van der Waals surface area contributed by atoms with E-state index in [2.05, 4.69) is 31.0 Å². The number of likely N-dealkylation sites (tertiary alicyclic amines) is 1. The van der Waals surface area contributed by atoms with Gasteiger partial charge in [0.05, 0.1) is 6.04 Å². The molecule has 0 aromatic heterocycles. The highest BCUT2D eigenvalue weighted by Crippen LogP contribution is 2.40. The van der Waals surface area contributed by atoms with Crippen LogP contribution in [0.15, 0.2) is 24.3 Å². The third kappa shape index (κ3) is 3.14. The fourth-order valence-electron chi connectivity index (χ4n) is 3.95. The maximum Gasteiger partial charge on any atom is 0.128 e. The number of hydrogen-bond donors (Lipinski definition) is 1. The second-order valence-corrected chi connectivity index (χ2v) is 6.02. The number of benzene rings is 1. The zero-order chi connectivity index (χ0) is 15.3. The van der Waals surface area contributed by atoms with Crippen molar-refractivity contribution in [2.45, 2.75) is 58.0 Å². The van der Waals surface area contributed by atoms with Crippen LogP contribution in [-0.2, 0) is 0 Å². The molecule has 1 N–H and O–H groups in total. The highest BCUT2D eigenvalue weighted by Gasteiger charge is 2.43. The second-order valence-electron chi connectivity index (χ2n) is 6.02. The molecule has 1 saturated heterocycles. The highest BCUT2D eigenvalue weighted by molar-refractivity contribution is 5.25. The van der Waals surface area contributed by atoms with Crippen molar-refractivity contribution in [3.05, 3.63) is 35.6 Å². The summed E-state index contributed by atoms with van der Waals surface area (Å²) in [6, 6.07) is 7.30. The van der Waals surface area contributed by atoms with Crippen molar-refractivity contribution in [1.82, 2.24) is 10.2 Å². The summed E-state index contributed by atoms with van der Waals surface area (Å²) in [6.45, 7) is 9.72. The first-order valence-electron chi connectivity index (χ1n) is 8.42. The molecular weight excluding hydrogens is 263 g/mol. The minimum atomic E-state index is -0.0890. The molecule has 3 heteroatoms.